The van der Waals surface area contributed by atoms with E-state index in [1.165, 1.54) is 12.8 Å². The number of aromatic nitrogens is 2. The molecular formula is C26H27N5O3. The maximum atomic E-state index is 11.4. The lowest BCUT2D eigenvalue weighted by atomic mass is 9.91. The average Bonchev–Trinajstić information content (AvgIpc) is 3.28. The summed E-state index contributed by atoms with van der Waals surface area (Å²) in [6, 6.07) is 14.9. The summed E-state index contributed by atoms with van der Waals surface area (Å²) < 4.78 is 11.9. The van der Waals surface area contributed by atoms with Crippen molar-refractivity contribution in [3.63, 3.8) is 0 Å². The molecule has 1 saturated carbocycles. The van der Waals surface area contributed by atoms with Crippen LogP contribution in [-0.2, 0) is 6.61 Å². The molecule has 1 aromatic carbocycles. The second-order valence-corrected chi connectivity index (χ2v) is 8.60. The summed E-state index contributed by atoms with van der Waals surface area (Å²) in [5.74, 6) is 1.46. The molecule has 2 atom stereocenters. The Morgan fingerprint density at radius 2 is 1.94 bits per heavy atom. The van der Waals surface area contributed by atoms with E-state index in [1.807, 2.05) is 24.3 Å². The van der Waals surface area contributed by atoms with Gasteiger partial charge >= 0.3 is 0 Å². The molecule has 8 nitrogen and oxygen atoms in total. The van der Waals surface area contributed by atoms with E-state index < -0.39 is 5.91 Å². The van der Waals surface area contributed by atoms with Gasteiger partial charge in [-0.15, -0.1) is 0 Å². The van der Waals surface area contributed by atoms with Crippen molar-refractivity contribution in [2.24, 2.45) is 11.5 Å². The van der Waals surface area contributed by atoms with Gasteiger partial charge in [-0.05, 0) is 54.8 Å². The first-order valence-electron chi connectivity index (χ1n) is 11.5. The average molecular weight is 458 g/mol. The number of ether oxygens (including phenoxy) is 1. The van der Waals surface area contributed by atoms with Gasteiger partial charge in [0, 0.05) is 41.7 Å². The third-order valence-corrected chi connectivity index (χ3v) is 6.19. The number of hydrogen-bond donors (Lipinski definition) is 3. The first-order chi connectivity index (χ1) is 16.6. The molecule has 0 unspecified atom stereocenters. The first-order valence-corrected chi connectivity index (χ1v) is 11.5. The summed E-state index contributed by atoms with van der Waals surface area (Å²) >= 11 is 0. The molecule has 1 aliphatic carbocycles. The molecule has 34 heavy (non-hydrogen) atoms. The minimum atomic E-state index is -0.500. The van der Waals surface area contributed by atoms with Gasteiger partial charge in [0.15, 0.2) is 5.58 Å². The lowest BCUT2D eigenvalue weighted by Gasteiger charge is -2.29. The Morgan fingerprint density at radius 1 is 1.09 bits per heavy atom. The van der Waals surface area contributed by atoms with Gasteiger partial charge < -0.3 is 25.9 Å². The van der Waals surface area contributed by atoms with E-state index in [-0.39, 0.29) is 18.7 Å². The van der Waals surface area contributed by atoms with Gasteiger partial charge in [-0.25, -0.2) is 4.98 Å². The number of carbonyl (C=O) groups is 1. The first kappa shape index (κ1) is 21.9. The minimum absolute atomic E-state index is 0.142. The largest absolute Gasteiger partial charge is 0.486 e. The molecule has 0 bridgehead atoms. The highest BCUT2D eigenvalue weighted by Gasteiger charge is 2.22. The lowest BCUT2D eigenvalue weighted by Crippen LogP contribution is -2.42. The van der Waals surface area contributed by atoms with E-state index >= 15 is 0 Å². The molecule has 0 radical (unpaired) electrons. The number of amides is 1. The number of nitrogens with zero attached hydrogens (tertiary/aromatic N) is 2. The summed E-state index contributed by atoms with van der Waals surface area (Å²) in [5.41, 5.74) is 15.4. The molecule has 5 N–H and O–H groups in total. The van der Waals surface area contributed by atoms with Crippen LogP contribution in [0.4, 0.5) is 5.82 Å². The number of furan rings is 1. The van der Waals surface area contributed by atoms with Crippen LogP contribution in [0.25, 0.3) is 22.2 Å². The molecule has 0 saturated heterocycles. The van der Waals surface area contributed by atoms with Crippen molar-refractivity contribution >= 4 is 22.8 Å². The molecule has 1 fully saturated rings. The Bertz CT molecular complexity index is 1320. The fourth-order valence-corrected chi connectivity index (χ4v) is 4.39. The quantitative estimate of drug-likeness (QED) is 0.378. The molecule has 8 heteroatoms. The van der Waals surface area contributed by atoms with Crippen molar-refractivity contribution < 1.29 is 13.9 Å². The van der Waals surface area contributed by atoms with Gasteiger partial charge in [0.25, 0.3) is 0 Å². The molecular weight excluding hydrogens is 430 g/mol. The number of fused-ring (bicyclic) bond motifs is 1. The number of nitrogens with one attached hydrogen (secondary N) is 1. The number of pyridine rings is 2. The van der Waals surface area contributed by atoms with Crippen LogP contribution in [0.5, 0.6) is 5.75 Å². The Balaban J connectivity index is 1.36. The van der Waals surface area contributed by atoms with E-state index in [9.17, 15) is 4.79 Å². The Kier molecular flexibility index (Phi) is 6.14. The Labute approximate surface area is 197 Å². The van der Waals surface area contributed by atoms with Crippen LogP contribution < -0.4 is 21.5 Å². The number of carbonyl (C=O) groups excluding carboxylic acids is 1. The molecule has 5 rings (SSSR count). The van der Waals surface area contributed by atoms with Crippen LogP contribution in [0.15, 0.2) is 65.3 Å². The molecule has 1 aliphatic rings. The predicted molar refractivity (Wildman–Crippen MR) is 130 cm³/mol. The van der Waals surface area contributed by atoms with Crippen LogP contribution in [0.3, 0.4) is 0 Å². The summed E-state index contributed by atoms with van der Waals surface area (Å²) in [6.07, 6.45) is 8.00. The van der Waals surface area contributed by atoms with Gasteiger partial charge in [0.2, 0.25) is 5.91 Å². The van der Waals surface area contributed by atoms with Crippen molar-refractivity contribution in [2.75, 3.05) is 5.32 Å². The summed E-state index contributed by atoms with van der Waals surface area (Å²) in [5, 5.41) is 3.51. The van der Waals surface area contributed by atoms with E-state index in [1.54, 1.807) is 36.7 Å². The van der Waals surface area contributed by atoms with Crippen LogP contribution in [0, 0.1) is 0 Å². The van der Waals surface area contributed by atoms with Gasteiger partial charge in [-0.3, -0.25) is 9.78 Å². The fourth-order valence-electron chi connectivity index (χ4n) is 4.39. The highest BCUT2D eigenvalue weighted by molar-refractivity contribution is 5.93. The van der Waals surface area contributed by atoms with Gasteiger partial charge in [-0.2, -0.15) is 0 Å². The molecule has 4 aromatic rings. The number of rotatable bonds is 7. The van der Waals surface area contributed by atoms with Crippen molar-refractivity contribution in [1.29, 1.82) is 0 Å². The zero-order valence-corrected chi connectivity index (χ0v) is 18.7. The topological polar surface area (TPSA) is 129 Å². The van der Waals surface area contributed by atoms with E-state index in [0.717, 1.165) is 35.3 Å². The maximum absolute atomic E-state index is 11.4. The van der Waals surface area contributed by atoms with E-state index in [0.29, 0.717) is 22.7 Å². The van der Waals surface area contributed by atoms with Gasteiger partial charge in [0.1, 0.15) is 29.5 Å². The summed E-state index contributed by atoms with van der Waals surface area (Å²) in [4.78, 5) is 20.3. The summed E-state index contributed by atoms with van der Waals surface area (Å²) in [6.45, 7) is 0.195. The highest BCUT2D eigenvalue weighted by atomic mass is 16.5. The second kappa shape index (κ2) is 9.52. The zero-order valence-electron chi connectivity index (χ0n) is 18.7. The number of hydrogen-bond acceptors (Lipinski definition) is 7. The molecule has 0 aliphatic heterocycles. The monoisotopic (exact) mass is 457 g/mol. The highest BCUT2D eigenvalue weighted by Crippen LogP contribution is 2.31. The van der Waals surface area contributed by atoms with Gasteiger partial charge in [0.05, 0.1) is 0 Å². The molecule has 174 valence electrons. The molecule has 1 amide bonds. The molecule has 3 aromatic heterocycles. The van der Waals surface area contributed by atoms with Crippen molar-refractivity contribution in [3.8, 4) is 16.9 Å². The molecule has 3 heterocycles. The Hall–Kier alpha value is -3.91. The number of primary amides is 1. The third kappa shape index (κ3) is 4.72. The lowest BCUT2D eigenvalue weighted by molar-refractivity contribution is 0.1000. The van der Waals surface area contributed by atoms with Gasteiger partial charge in [-0.1, -0.05) is 18.9 Å². The summed E-state index contributed by atoms with van der Waals surface area (Å²) in [7, 11) is 0. The van der Waals surface area contributed by atoms with Crippen molar-refractivity contribution in [3.05, 3.63) is 72.2 Å². The van der Waals surface area contributed by atoms with E-state index in [2.05, 4.69) is 15.3 Å². The third-order valence-electron chi connectivity index (χ3n) is 6.19. The maximum Gasteiger partial charge on any atom is 0.248 e. The minimum Gasteiger partial charge on any atom is -0.486 e. The second-order valence-electron chi connectivity index (χ2n) is 8.60. The number of nitrogens with two attached hydrogens (primary N) is 2. The van der Waals surface area contributed by atoms with Crippen molar-refractivity contribution in [2.45, 2.75) is 44.4 Å². The molecule has 0 spiro atoms. The normalized spacial score (nSPS) is 18.0. The Morgan fingerprint density at radius 3 is 2.79 bits per heavy atom. The fraction of sp³-hybridized carbons (Fsp3) is 0.269. The number of anilines is 1. The predicted octanol–water partition coefficient (Wildman–Crippen LogP) is 4.25. The zero-order chi connectivity index (χ0) is 23.5. The SMILES string of the molecule is NC(=O)c1cccc(OCc2cc3nccc(-c4ccnc(N[C@@H]5CCCC[C@@H]5N)c4)c3o2)c1. The standard InChI is InChI=1S/C26H27N5O3/c27-21-6-1-2-7-22(21)31-24-13-16(8-10-30-24)20-9-11-29-23-14-19(34-25(20)23)15-33-18-5-3-4-17(12-18)26(28)32/h3-5,8-14,21-22H,1-2,6-7,15,27H2,(H2,28,32)(H,30,31)/t21-,22+/m0/s1. The van der Waals surface area contributed by atoms with Crippen LogP contribution >= 0.6 is 0 Å². The van der Waals surface area contributed by atoms with Crippen LogP contribution in [0.2, 0.25) is 0 Å². The van der Waals surface area contributed by atoms with Crippen LogP contribution in [-0.4, -0.2) is 28.0 Å². The van der Waals surface area contributed by atoms with Crippen molar-refractivity contribution in [1.82, 2.24) is 9.97 Å². The van der Waals surface area contributed by atoms with Crippen LogP contribution in [0.1, 0.15) is 41.8 Å². The number of benzene rings is 1. The van der Waals surface area contributed by atoms with E-state index in [4.69, 9.17) is 20.6 Å². The smallest absolute Gasteiger partial charge is 0.248 e.